The predicted molar refractivity (Wildman–Crippen MR) is 101 cm³/mol. The minimum absolute atomic E-state index is 0.0718. The van der Waals surface area contributed by atoms with E-state index in [4.69, 9.17) is 22.1 Å². The number of carboxylic acids is 1. The lowest BCUT2D eigenvalue weighted by Gasteiger charge is -2.16. The first-order valence-electron chi connectivity index (χ1n) is 7.75. The summed E-state index contributed by atoms with van der Waals surface area (Å²) < 4.78 is 5.21. The number of benzene rings is 3. The number of hydrogen-bond donors (Lipinski definition) is 2. The molecule has 134 valence electrons. The lowest BCUT2D eigenvalue weighted by Crippen LogP contribution is -2.13. The molecule has 0 atom stereocenters. The van der Waals surface area contributed by atoms with Gasteiger partial charge in [0.25, 0.3) is 0 Å². The molecular weight excluding hydrogens is 368 g/mol. The summed E-state index contributed by atoms with van der Waals surface area (Å²) in [5.74, 6) is -1.76. The molecule has 0 spiro atoms. The van der Waals surface area contributed by atoms with Gasteiger partial charge in [-0.15, -0.1) is 0 Å². The zero-order valence-electron chi connectivity index (χ0n) is 14.1. The van der Waals surface area contributed by atoms with Gasteiger partial charge in [0.2, 0.25) is 5.91 Å². The van der Waals surface area contributed by atoms with E-state index < -0.39 is 11.9 Å². The Morgan fingerprint density at radius 1 is 1.15 bits per heavy atom. The van der Waals surface area contributed by atoms with Crippen molar-refractivity contribution in [2.24, 2.45) is 5.73 Å². The monoisotopic (exact) mass is 380 g/mol. The fourth-order valence-corrected chi connectivity index (χ4v) is 3.20. The largest absolute Gasteiger partial charge is 0.495 e. The first kappa shape index (κ1) is 18.2. The number of nitrogens with zero attached hydrogens (tertiary/aromatic N) is 1. The minimum atomic E-state index is -1.24. The Hall–Kier alpha value is -3.56. The molecule has 7 heteroatoms. The van der Waals surface area contributed by atoms with E-state index in [1.54, 1.807) is 24.3 Å². The van der Waals surface area contributed by atoms with Gasteiger partial charge in [-0.3, -0.25) is 4.79 Å². The molecule has 0 aliphatic rings. The summed E-state index contributed by atoms with van der Waals surface area (Å²) >= 11 is 6.05. The molecule has 0 aliphatic heterocycles. The van der Waals surface area contributed by atoms with Crippen LogP contribution < -0.4 is 10.5 Å². The van der Waals surface area contributed by atoms with Gasteiger partial charge in [0.05, 0.1) is 18.2 Å². The molecule has 3 rings (SSSR count). The van der Waals surface area contributed by atoms with Crippen molar-refractivity contribution >= 4 is 34.2 Å². The van der Waals surface area contributed by atoms with Crippen LogP contribution in [0.2, 0.25) is 5.02 Å². The van der Waals surface area contributed by atoms with Crippen molar-refractivity contribution < 1.29 is 19.4 Å². The van der Waals surface area contributed by atoms with E-state index >= 15 is 0 Å². The molecule has 0 heterocycles. The number of ether oxygens (including phenoxy) is 1. The van der Waals surface area contributed by atoms with E-state index in [1.165, 1.54) is 25.3 Å². The van der Waals surface area contributed by atoms with Crippen LogP contribution in [0.3, 0.4) is 0 Å². The first-order valence-corrected chi connectivity index (χ1v) is 8.13. The smallest absolute Gasteiger partial charge is 0.336 e. The van der Waals surface area contributed by atoms with Crippen LogP contribution in [0.4, 0.5) is 0 Å². The average molecular weight is 381 g/mol. The second kappa shape index (κ2) is 6.98. The number of halogens is 1. The number of amides is 1. The molecule has 0 saturated heterocycles. The van der Waals surface area contributed by atoms with E-state index in [0.717, 1.165) is 0 Å². The molecule has 0 unspecified atom stereocenters. The topological polar surface area (TPSA) is 113 Å². The molecule has 27 heavy (non-hydrogen) atoms. The van der Waals surface area contributed by atoms with Crippen molar-refractivity contribution in [2.75, 3.05) is 7.11 Å². The number of fused-ring (bicyclic) bond motifs is 1. The van der Waals surface area contributed by atoms with Crippen LogP contribution in [0, 0.1) is 11.3 Å². The Morgan fingerprint density at radius 2 is 1.89 bits per heavy atom. The number of carboxylic acid groups (broad SMARTS) is 1. The number of hydrogen-bond acceptors (Lipinski definition) is 4. The molecule has 0 aromatic heterocycles. The Labute approximate surface area is 159 Å². The molecule has 6 nitrogen and oxygen atoms in total. The van der Waals surface area contributed by atoms with Gasteiger partial charge in [0, 0.05) is 21.7 Å². The normalized spacial score (nSPS) is 10.4. The highest BCUT2D eigenvalue weighted by Crippen LogP contribution is 2.38. The number of aromatic carboxylic acids is 1. The first-order chi connectivity index (χ1) is 12.9. The minimum Gasteiger partial charge on any atom is -0.495 e. The second-order valence-corrected chi connectivity index (χ2v) is 6.17. The van der Waals surface area contributed by atoms with Gasteiger partial charge in [-0.1, -0.05) is 23.7 Å². The molecule has 0 saturated carbocycles. The maximum atomic E-state index is 12.0. The zero-order chi connectivity index (χ0) is 19.7. The third-order valence-corrected chi connectivity index (χ3v) is 4.44. The summed E-state index contributed by atoms with van der Waals surface area (Å²) in [6, 6.07) is 12.8. The van der Waals surface area contributed by atoms with Crippen molar-refractivity contribution in [3.8, 4) is 22.9 Å². The van der Waals surface area contributed by atoms with Crippen LogP contribution in [0.1, 0.15) is 26.3 Å². The Morgan fingerprint density at radius 3 is 2.48 bits per heavy atom. The van der Waals surface area contributed by atoms with Crippen LogP contribution in [0.15, 0.2) is 42.5 Å². The van der Waals surface area contributed by atoms with Crippen molar-refractivity contribution in [1.82, 2.24) is 0 Å². The van der Waals surface area contributed by atoms with Gasteiger partial charge in [-0.2, -0.15) is 5.26 Å². The fourth-order valence-electron chi connectivity index (χ4n) is 3.02. The van der Waals surface area contributed by atoms with Gasteiger partial charge < -0.3 is 15.6 Å². The molecule has 0 radical (unpaired) electrons. The van der Waals surface area contributed by atoms with Gasteiger partial charge in [-0.25, -0.2) is 4.79 Å². The van der Waals surface area contributed by atoms with E-state index in [0.29, 0.717) is 21.4 Å². The van der Waals surface area contributed by atoms with Crippen molar-refractivity contribution in [1.29, 1.82) is 5.26 Å². The molecule has 3 aromatic carbocycles. The molecule has 0 bridgehead atoms. The van der Waals surface area contributed by atoms with Crippen molar-refractivity contribution in [2.45, 2.75) is 0 Å². The third kappa shape index (κ3) is 3.16. The maximum Gasteiger partial charge on any atom is 0.336 e. The van der Waals surface area contributed by atoms with Crippen LogP contribution in [-0.2, 0) is 0 Å². The van der Waals surface area contributed by atoms with Gasteiger partial charge in [-0.05, 0) is 41.1 Å². The quantitative estimate of drug-likeness (QED) is 0.713. The Bertz CT molecular complexity index is 1150. The zero-order valence-corrected chi connectivity index (χ0v) is 14.9. The highest BCUT2D eigenvalue weighted by molar-refractivity contribution is 6.31. The lowest BCUT2D eigenvalue weighted by molar-refractivity contribution is 0.0697. The molecule has 3 aromatic rings. The summed E-state index contributed by atoms with van der Waals surface area (Å²) in [4.78, 5) is 23.9. The van der Waals surface area contributed by atoms with Gasteiger partial charge in [0.15, 0.2) is 0 Å². The highest BCUT2D eigenvalue weighted by Gasteiger charge is 2.22. The summed E-state index contributed by atoms with van der Waals surface area (Å²) in [5.41, 5.74) is 6.18. The van der Waals surface area contributed by atoms with E-state index in [9.17, 15) is 20.0 Å². The highest BCUT2D eigenvalue weighted by atomic mass is 35.5. The number of carbonyl (C=O) groups excluding carboxylic acids is 1. The van der Waals surface area contributed by atoms with E-state index in [1.807, 2.05) is 6.07 Å². The SMILES string of the molecule is COc1cc(-c2c(C(N)=O)ccc3cc(Cl)ccc23)c(C(=O)O)cc1C#N. The summed E-state index contributed by atoms with van der Waals surface area (Å²) in [6.45, 7) is 0. The number of carbonyl (C=O) groups is 2. The summed E-state index contributed by atoms with van der Waals surface area (Å²) in [6.07, 6.45) is 0. The van der Waals surface area contributed by atoms with Crippen molar-refractivity contribution in [3.63, 3.8) is 0 Å². The maximum absolute atomic E-state index is 12.0. The summed E-state index contributed by atoms with van der Waals surface area (Å²) in [5, 5.41) is 20.7. The van der Waals surface area contributed by atoms with Gasteiger partial charge >= 0.3 is 5.97 Å². The number of methoxy groups -OCH3 is 1. The van der Waals surface area contributed by atoms with Crippen LogP contribution in [0.5, 0.6) is 5.75 Å². The van der Waals surface area contributed by atoms with Crippen LogP contribution in [-0.4, -0.2) is 24.1 Å². The van der Waals surface area contributed by atoms with Crippen LogP contribution >= 0.6 is 11.6 Å². The molecule has 1 amide bonds. The second-order valence-electron chi connectivity index (χ2n) is 5.73. The number of primary amides is 1. The number of nitriles is 1. The lowest BCUT2D eigenvalue weighted by atomic mass is 9.89. The van der Waals surface area contributed by atoms with Gasteiger partial charge in [0.1, 0.15) is 11.8 Å². The standard InChI is InChI=1S/C20H13ClN2O4/c1-27-17-8-15(16(20(25)26)7-11(17)9-22)18-13-5-3-12(21)6-10(13)2-4-14(18)19(23)24/h2-8H,1H3,(H2,23,24)(H,25,26). The molecule has 0 aliphatic carbocycles. The fraction of sp³-hybridized carbons (Fsp3) is 0.0500. The average Bonchev–Trinajstić information content (AvgIpc) is 2.65. The third-order valence-electron chi connectivity index (χ3n) is 4.21. The van der Waals surface area contributed by atoms with E-state index in [2.05, 4.69) is 0 Å². The molecular formula is C20H13ClN2O4. The number of nitrogens with two attached hydrogens (primary N) is 1. The molecule has 0 fully saturated rings. The predicted octanol–water partition coefficient (Wildman–Crippen LogP) is 3.84. The van der Waals surface area contributed by atoms with Crippen LogP contribution in [0.25, 0.3) is 21.9 Å². The Kier molecular flexibility index (Phi) is 4.72. The van der Waals surface area contributed by atoms with Crippen molar-refractivity contribution in [3.05, 3.63) is 64.2 Å². The Balaban J connectivity index is 2.51. The molecule has 3 N–H and O–H groups in total. The summed E-state index contributed by atoms with van der Waals surface area (Å²) in [7, 11) is 1.37. The number of rotatable bonds is 4. The van der Waals surface area contributed by atoms with E-state index in [-0.39, 0.29) is 28.0 Å².